The monoisotopic (exact) mass is 401 g/mol. The van der Waals surface area contributed by atoms with Crippen LogP contribution in [0.1, 0.15) is 16.9 Å². The van der Waals surface area contributed by atoms with Gasteiger partial charge in [0.25, 0.3) is 5.91 Å². The van der Waals surface area contributed by atoms with E-state index < -0.39 is 18.1 Å². The van der Waals surface area contributed by atoms with Crippen LogP contribution in [0, 0.1) is 5.92 Å². The van der Waals surface area contributed by atoms with Crippen molar-refractivity contribution >= 4 is 34.4 Å². The van der Waals surface area contributed by atoms with Gasteiger partial charge in [-0.25, -0.2) is 9.78 Å². The van der Waals surface area contributed by atoms with E-state index in [1.807, 2.05) is 0 Å². The summed E-state index contributed by atoms with van der Waals surface area (Å²) < 4.78 is 36.6. The van der Waals surface area contributed by atoms with Crippen LogP contribution in [-0.2, 0) is 9.63 Å². The van der Waals surface area contributed by atoms with E-state index in [1.165, 1.54) is 0 Å². The van der Waals surface area contributed by atoms with E-state index in [0.29, 0.717) is 17.0 Å². The highest BCUT2D eigenvalue weighted by atomic mass is 35.5. The zero-order valence-corrected chi connectivity index (χ0v) is 14.7. The number of hydrogen-bond donors (Lipinski definition) is 1. The van der Waals surface area contributed by atoms with Gasteiger partial charge in [0.15, 0.2) is 0 Å². The smallest absolute Gasteiger partial charge is 0.361 e. The number of fused-ring (bicyclic) bond motifs is 1. The Morgan fingerprint density at radius 3 is 2.81 bits per heavy atom. The number of rotatable bonds is 4. The number of halogens is 4. The van der Waals surface area contributed by atoms with Crippen LogP contribution in [0.4, 0.5) is 13.2 Å². The molecule has 3 rings (SSSR count). The fraction of sp³-hybridized carbons (Fsp3) is 0.353. The zero-order valence-electron chi connectivity index (χ0n) is 13.9. The summed E-state index contributed by atoms with van der Waals surface area (Å²) >= 11 is 5.91. The topological polar surface area (TPSA) is 71.5 Å². The maximum Gasteiger partial charge on any atom is 0.492 e. The summed E-state index contributed by atoms with van der Waals surface area (Å²) in [7, 11) is 0. The van der Waals surface area contributed by atoms with Gasteiger partial charge in [0.1, 0.15) is 5.69 Å². The molecule has 1 unspecified atom stereocenters. The first-order chi connectivity index (χ1) is 12.7. The van der Waals surface area contributed by atoms with Crippen LogP contribution in [0.3, 0.4) is 0 Å². The van der Waals surface area contributed by atoms with E-state index in [-0.39, 0.29) is 31.2 Å². The van der Waals surface area contributed by atoms with Crippen LogP contribution in [0.15, 0.2) is 30.3 Å². The average molecular weight is 402 g/mol. The molecule has 1 atom stereocenters. The third kappa shape index (κ3) is 4.86. The summed E-state index contributed by atoms with van der Waals surface area (Å²) in [5.74, 6) is -2.76. The lowest BCUT2D eigenvalue weighted by Crippen LogP contribution is -2.35. The number of pyridine rings is 1. The molecule has 1 N–H and O–H groups in total. The summed E-state index contributed by atoms with van der Waals surface area (Å²) in [4.78, 5) is 31.6. The average Bonchev–Trinajstić information content (AvgIpc) is 3.05. The van der Waals surface area contributed by atoms with Crippen molar-refractivity contribution in [2.45, 2.75) is 12.6 Å². The Morgan fingerprint density at radius 2 is 2.07 bits per heavy atom. The molecule has 1 saturated heterocycles. The molecule has 1 fully saturated rings. The Labute approximate surface area is 157 Å². The van der Waals surface area contributed by atoms with E-state index in [0.717, 1.165) is 10.4 Å². The van der Waals surface area contributed by atoms with Crippen LogP contribution in [-0.4, -0.2) is 47.7 Å². The van der Waals surface area contributed by atoms with Crippen molar-refractivity contribution < 1.29 is 27.6 Å². The van der Waals surface area contributed by atoms with Gasteiger partial charge in [0.05, 0.1) is 5.52 Å². The molecule has 1 aliphatic heterocycles. The maximum absolute atomic E-state index is 12.3. The van der Waals surface area contributed by atoms with Crippen LogP contribution >= 0.6 is 11.6 Å². The predicted molar refractivity (Wildman–Crippen MR) is 90.9 cm³/mol. The van der Waals surface area contributed by atoms with Gasteiger partial charge >= 0.3 is 12.1 Å². The Balaban J connectivity index is 1.52. The van der Waals surface area contributed by atoms with Crippen LogP contribution in [0.5, 0.6) is 0 Å². The minimum absolute atomic E-state index is 0.117. The van der Waals surface area contributed by atoms with Crippen molar-refractivity contribution in [1.82, 2.24) is 15.4 Å². The van der Waals surface area contributed by atoms with E-state index in [4.69, 9.17) is 11.6 Å². The third-order valence-electron chi connectivity index (χ3n) is 4.13. The fourth-order valence-corrected chi connectivity index (χ4v) is 2.95. The van der Waals surface area contributed by atoms with E-state index in [9.17, 15) is 22.8 Å². The third-order valence-corrected chi connectivity index (χ3v) is 4.36. The lowest BCUT2D eigenvalue weighted by atomic mass is 10.1. The van der Waals surface area contributed by atoms with Crippen molar-refractivity contribution in [2.75, 3.05) is 19.6 Å². The number of nitrogens with zero attached hydrogens (tertiary/aromatic N) is 2. The van der Waals surface area contributed by atoms with Crippen molar-refractivity contribution in [3.8, 4) is 0 Å². The second kappa shape index (κ2) is 7.69. The van der Waals surface area contributed by atoms with Gasteiger partial charge in [-0.3, -0.25) is 4.79 Å². The van der Waals surface area contributed by atoms with E-state index in [1.54, 1.807) is 30.3 Å². The molecule has 0 radical (unpaired) electrons. The van der Waals surface area contributed by atoms with Gasteiger partial charge in [-0.15, -0.1) is 5.06 Å². The molecule has 1 aromatic carbocycles. The standard InChI is InChI=1S/C17H15ClF3N3O3/c18-12-2-4-13-11(7-12)1-3-14(23-13)15(25)22-8-10-5-6-24(9-10)27-16(26)17(19,20)21/h1-4,7,10H,5-6,8-9H2,(H,22,25). The number of carbonyl (C=O) groups is 2. The molecule has 0 saturated carbocycles. The highest BCUT2D eigenvalue weighted by molar-refractivity contribution is 6.31. The molecule has 1 amide bonds. The Bertz CT molecular complexity index is 875. The van der Waals surface area contributed by atoms with Gasteiger partial charge in [-0.05, 0) is 36.6 Å². The number of amides is 1. The molecule has 10 heteroatoms. The first-order valence-corrected chi connectivity index (χ1v) is 8.49. The molecule has 1 aliphatic rings. The number of alkyl halides is 3. The first kappa shape index (κ1) is 19.4. The van der Waals surface area contributed by atoms with E-state index in [2.05, 4.69) is 15.1 Å². The molecule has 2 heterocycles. The Kier molecular flexibility index (Phi) is 5.52. The number of aromatic nitrogens is 1. The van der Waals surface area contributed by atoms with Gasteiger partial charge < -0.3 is 10.2 Å². The number of hydrogen-bond acceptors (Lipinski definition) is 5. The Hall–Kier alpha value is -2.39. The van der Waals surface area contributed by atoms with Gasteiger partial charge in [-0.2, -0.15) is 13.2 Å². The number of carbonyl (C=O) groups excluding carboxylic acids is 2. The molecule has 27 heavy (non-hydrogen) atoms. The maximum atomic E-state index is 12.3. The molecule has 1 aromatic heterocycles. The largest absolute Gasteiger partial charge is 0.492 e. The molecule has 0 spiro atoms. The molecule has 0 aliphatic carbocycles. The van der Waals surface area contributed by atoms with Crippen LogP contribution in [0.2, 0.25) is 5.02 Å². The quantitative estimate of drug-likeness (QED) is 0.852. The lowest BCUT2D eigenvalue weighted by Gasteiger charge is -2.16. The van der Waals surface area contributed by atoms with Crippen LogP contribution in [0.25, 0.3) is 10.9 Å². The molecule has 144 valence electrons. The predicted octanol–water partition coefficient (Wildman–Crippen LogP) is 2.96. The van der Waals surface area contributed by atoms with Crippen LogP contribution < -0.4 is 5.32 Å². The highest BCUT2D eigenvalue weighted by Gasteiger charge is 2.43. The molecular weight excluding hydrogens is 387 g/mol. The van der Waals surface area contributed by atoms with Crippen molar-refractivity contribution in [3.63, 3.8) is 0 Å². The lowest BCUT2D eigenvalue weighted by molar-refractivity contribution is -0.235. The summed E-state index contributed by atoms with van der Waals surface area (Å²) in [6.07, 6.45) is -4.53. The number of nitrogens with one attached hydrogen (secondary N) is 1. The summed E-state index contributed by atoms with van der Waals surface area (Å²) in [5, 5.41) is 5.04. The normalized spacial score (nSPS) is 17.9. The molecule has 2 aromatic rings. The summed E-state index contributed by atoms with van der Waals surface area (Å²) in [6, 6.07) is 8.42. The van der Waals surface area contributed by atoms with Crippen molar-refractivity contribution in [2.24, 2.45) is 5.92 Å². The van der Waals surface area contributed by atoms with Gasteiger partial charge in [0.2, 0.25) is 0 Å². The first-order valence-electron chi connectivity index (χ1n) is 8.11. The molecule has 0 bridgehead atoms. The minimum Gasteiger partial charge on any atom is -0.361 e. The Morgan fingerprint density at radius 1 is 1.30 bits per heavy atom. The summed E-state index contributed by atoms with van der Waals surface area (Å²) in [5.41, 5.74) is 0.848. The van der Waals surface area contributed by atoms with E-state index >= 15 is 0 Å². The van der Waals surface area contributed by atoms with Crippen molar-refractivity contribution in [1.29, 1.82) is 0 Å². The SMILES string of the molecule is O=C(NCC1CCN(OC(=O)C(F)(F)F)C1)c1ccc2cc(Cl)ccc2n1. The number of hydroxylamine groups is 2. The minimum atomic E-state index is -5.03. The summed E-state index contributed by atoms with van der Waals surface area (Å²) in [6.45, 7) is 0.530. The number of benzene rings is 1. The van der Waals surface area contributed by atoms with Gasteiger partial charge in [-0.1, -0.05) is 17.7 Å². The fourth-order valence-electron chi connectivity index (χ4n) is 2.77. The van der Waals surface area contributed by atoms with Crippen molar-refractivity contribution in [3.05, 3.63) is 41.0 Å². The van der Waals surface area contributed by atoms with Gasteiger partial charge in [0, 0.05) is 30.0 Å². The second-order valence-electron chi connectivity index (χ2n) is 6.16. The molecule has 6 nitrogen and oxygen atoms in total. The zero-order chi connectivity index (χ0) is 19.6. The molecular formula is C17H15ClF3N3O3. The second-order valence-corrected chi connectivity index (χ2v) is 6.60. The highest BCUT2D eigenvalue weighted by Crippen LogP contribution is 2.22.